The van der Waals surface area contributed by atoms with Crippen molar-refractivity contribution in [3.05, 3.63) is 59.7 Å². The Labute approximate surface area is 162 Å². The van der Waals surface area contributed by atoms with Crippen molar-refractivity contribution in [2.75, 3.05) is 13.7 Å². The molecule has 0 unspecified atom stereocenters. The molecular formula is C23H31NO3. The van der Waals surface area contributed by atoms with Crippen LogP contribution >= 0.6 is 0 Å². The van der Waals surface area contributed by atoms with E-state index in [1.165, 1.54) is 5.56 Å². The maximum atomic E-state index is 12.4. The van der Waals surface area contributed by atoms with E-state index in [1.807, 2.05) is 55.5 Å². The standard InChI is InChI=1S/C23H31NO3/c1-17(2)16-22(19-9-13-20(26-4)14-10-19)24-23(25)6-5-15-27-21-11-7-18(3)8-12-21/h7-14,17,22H,5-6,15-16H2,1-4H3,(H,24,25)/t22-/m0/s1. The van der Waals surface area contributed by atoms with Crippen LogP contribution in [-0.2, 0) is 4.79 Å². The molecule has 0 aliphatic rings. The predicted molar refractivity (Wildman–Crippen MR) is 109 cm³/mol. The van der Waals surface area contributed by atoms with Crippen LogP contribution in [0.3, 0.4) is 0 Å². The van der Waals surface area contributed by atoms with E-state index in [0.29, 0.717) is 25.4 Å². The SMILES string of the molecule is COc1ccc([C@H](CC(C)C)NC(=O)CCCOc2ccc(C)cc2)cc1. The molecule has 1 N–H and O–H groups in total. The van der Waals surface area contributed by atoms with Crippen molar-refractivity contribution in [2.24, 2.45) is 5.92 Å². The topological polar surface area (TPSA) is 47.6 Å². The fraction of sp³-hybridized carbons (Fsp3) is 0.435. The van der Waals surface area contributed by atoms with Crippen molar-refractivity contribution in [3.63, 3.8) is 0 Å². The molecule has 0 saturated carbocycles. The minimum atomic E-state index is 0.0152. The fourth-order valence-electron chi connectivity index (χ4n) is 2.91. The van der Waals surface area contributed by atoms with Crippen LogP contribution in [0.25, 0.3) is 0 Å². The first-order chi connectivity index (χ1) is 13.0. The summed E-state index contributed by atoms with van der Waals surface area (Å²) >= 11 is 0. The highest BCUT2D eigenvalue weighted by Gasteiger charge is 2.16. The Morgan fingerprint density at radius 2 is 1.63 bits per heavy atom. The fourth-order valence-corrected chi connectivity index (χ4v) is 2.91. The van der Waals surface area contributed by atoms with Gasteiger partial charge in [-0.05, 0) is 55.5 Å². The summed E-state index contributed by atoms with van der Waals surface area (Å²) in [5.41, 5.74) is 2.31. The molecule has 0 heterocycles. The Morgan fingerprint density at radius 1 is 1.00 bits per heavy atom. The lowest BCUT2D eigenvalue weighted by atomic mass is 9.96. The van der Waals surface area contributed by atoms with E-state index in [2.05, 4.69) is 19.2 Å². The Kier molecular flexibility index (Phi) is 8.18. The normalized spacial score (nSPS) is 11.9. The lowest BCUT2D eigenvalue weighted by Gasteiger charge is -2.21. The van der Waals surface area contributed by atoms with E-state index < -0.39 is 0 Å². The summed E-state index contributed by atoms with van der Waals surface area (Å²) in [7, 11) is 1.65. The summed E-state index contributed by atoms with van der Waals surface area (Å²) in [6, 6.07) is 15.9. The highest BCUT2D eigenvalue weighted by atomic mass is 16.5. The van der Waals surface area contributed by atoms with Gasteiger partial charge in [0.05, 0.1) is 19.8 Å². The number of benzene rings is 2. The van der Waals surface area contributed by atoms with Crippen LogP contribution in [0.5, 0.6) is 11.5 Å². The molecule has 0 radical (unpaired) electrons. The molecule has 4 heteroatoms. The van der Waals surface area contributed by atoms with Gasteiger partial charge in [-0.15, -0.1) is 0 Å². The van der Waals surface area contributed by atoms with Crippen molar-refractivity contribution in [3.8, 4) is 11.5 Å². The molecular weight excluding hydrogens is 338 g/mol. The maximum absolute atomic E-state index is 12.4. The first kappa shape index (κ1) is 20.8. The highest BCUT2D eigenvalue weighted by Crippen LogP contribution is 2.23. The van der Waals surface area contributed by atoms with Crippen molar-refractivity contribution >= 4 is 5.91 Å². The number of hydrogen-bond acceptors (Lipinski definition) is 3. The molecule has 0 saturated heterocycles. The highest BCUT2D eigenvalue weighted by molar-refractivity contribution is 5.76. The summed E-state index contributed by atoms with van der Waals surface area (Å²) in [5, 5.41) is 3.17. The van der Waals surface area contributed by atoms with Gasteiger partial charge >= 0.3 is 0 Å². The summed E-state index contributed by atoms with van der Waals surface area (Å²) in [6.45, 7) is 6.91. The second-order valence-electron chi connectivity index (χ2n) is 7.29. The van der Waals surface area contributed by atoms with Crippen LogP contribution < -0.4 is 14.8 Å². The molecule has 1 amide bonds. The van der Waals surface area contributed by atoms with Gasteiger partial charge in [0.2, 0.25) is 5.91 Å². The van der Waals surface area contributed by atoms with Crippen molar-refractivity contribution in [2.45, 2.75) is 46.1 Å². The van der Waals surface area contributed by atoms with Crippen LogP contribution in [0.2, 0.25) is 0 Å². The van der Waals surface area contributed by atoms with Gasteiger partial charge in [-0.2, -0.15) is 0 Å². The molecule has 2 aromatic rings. The van der Waals surface area contributed by atoms with Crippen LogP contribution in [0.1, 0.15) is 50.3 Å². The monoisotopic (exact) mass is 369 g/mol. The second-order valence-corrected chi connectivity index (χ2v) is 7.29. The zero-order chi connectivity index (χ0) is 19.6. The predicted octanol–water partition coefficient (Wildman–Crippen LogP) is 5.07. The van der Waals surface area contributed by atoms with Gasteiger partial charge in [0, 0.05) is 6.42 Å². The van der Waals surface area contributed by atoms with Gasteiger partial charge < -0.3 is 14.8 Å². The molecule has 0 spiro atoms. The Bertz CT molecular complexity index is 693. The summed E-state index contributed by atoms with van der Waals surface area (Å²) in [4.78, 5) is 12.4. The largest absolute Gasteiger partial charge is 0.497 e. The molecule has 0 aromatic heterocycles. The van der Waals surface area contributed by atoms with Crippen molar-refractivity contribution in [1.82, 2.24) is 5.32 Å². The van der Waals surface area contributed by atoms with E-state index in [1.54, 1.807) is 7.11 Å². The molecule has 2 rings (SSSR count). The van der Waals surface area contributed by atoms with Crippen molar-refractivity contribution < 1.29 is 14.3 Å². The number of aryl methyl sites for hydroxylation is 1. The van der Waals surface area contributed by atoms with Crippen LogP contribution in [-0.4, -0.2) is 19.6 Å². The number of hydrogen-bond donors (Lipinski definition) is 1. The average Bonchev–Trinajstić information content (AvgIpc) is 2.66. The number of amides is 1. The number of nitrogens with one attached hydrogen (secondary N) is 1. The second kappa shape index (κ2) is 10.6. The average molecular weight is 370 g/mol. The lowest BCUT2D eigenvalue weighted by molar-refractivity contribution is -0.122. The molecule has 0 bridgehead atoms. The van der Waals surface area contributed by atoms with Gasteiger partial charge in [0.15, 0.2) is 0 Å². The molecule has 1 atom stereocenters. The van der Waals surface area contributed by atoms with E-state index in [9.17, 15) is 4.79 Å². The van der Waals surface area contributed by atoms with Gasteiger partial charge in [-0.25, -0.2) is 0 Å². The third kappa shape index (κ3) is 7.33. The van der Waals surface area contributed by atoms with Gasteiger partial charge in [0.1, 0.15) is 11.5 Å². The molecule has 4 nitrogen and oxygen atoms in total. The Balaban J connectivity index is 1.82. The first-order valence-corrected chi connectivity index (χ1v) is 9.60. The number of carbonyl (C=O) groups is 1. The van der Waals surface area contributed by atoms with E-state index in [4.69, 9.17) is 9.47 Å². The van der Waals surface area contributed by atoms with Crippen LogP contribution in [0.15, 0.2) is 48.5 Å². The zero-order valence-electron chi connectivity index (χ0n) is 16.8. The Morgan fingerprint density at radius 3 is 2.22 bits per heavy atom. The van der Waals surface area contributed by atoms with E-state index in [-0.39, 0.29) is 11.9 Å². The summed E-state index contributed by atoms with van der Waals surface area (Å²) < 4.78 is 10.9. The van der Waals surface area contributed by atoms with E-state index in [0.717, 1.165) is 23.5 Å². The summed E-state index contributed by atoms with van der Waals surface area (Å²) in [5.74, 6) is 2.21. The molecule has 2 aromatic carbocycles. The minimum Gasteiger partial charge on any atom is -0.497 e. The summed E-state index contributed by atoms with van der Waals surface area (Å²) in [6.07, 6.45) is 2.05. The number of rotatable bonds is 10. The van der Waals surface area contributed by atoms with Crippen molar-refractivity contribution in [1.29, 1.82) is 0 Å². The first-order valence-electron chi connectivity index (χ1n) is 9.60. The quantitative estimate of drug-likeness (QED) is 0.595. The smallest absolute Gasteiger partial charge is 0.220 e. The van der Waals surface area contributed by atoms with Gasteiger partial charge in [-0.1, -0.05) is 43.7 Å². The van der Waals surface area contributed by atoms with Gasteiger partial charge in [-0.3, -0.25) is 4.79 Å². The maximum Gasteiger partial charge on any atom is 0.220 e. The molecule has 146 valence electrons. The van der Waals surface area contributed by atoms with Crippen LogP contribution in [0.4, 0.5) is 0 Å². The third-order valence-electron chi connectivity index (χ3n) is 4.40. The number of ether oxygens (including phenoxy) is 2. The van der Waals surface area contributed by atoms with Crippen LogP contribution in [0, 0.1) is 12.8 Å². The third-order valence-corrected chi connectivity index (χ3v) is 4.40. The number of carbonyl (C=O) groups excluding carboxylic acids is 1. The molecule has 27 heavy (non-hydrogen) atoms. The molecule has 0 fully saturated rings. The molecule has 0 aliphatic heterocycles. The minimum absolute atomic E-state index is 0.0152. The lowest BCUT2D eigenvalue weighted by Crippen LogP contribution is -2.29. The van der Waals surface area contributed by atoms with Gasteiger partial charge in [0.25, 0.3) is 0 Å². The Hall–Kier alpha value is -2.49. The zero-order valence-corrected chi connectivity index (χ0v) is 16.8. The van der Waals surface area contributed by atoms with E-state index >= 15 is 0 Å². The number of methoxy groups -OCH3 is 1. The molecule has 0 aliphatic carbocycles.